The van der Waals surface area contributed by atoms with Gasteiger partial charge in [0.05, 0.1) is 0 Å². The summed E-state index contributed by atoms with van der Waals surface area (Å²) >= 11 is 0. The Kier molecular flexibility index (Phi) is 11.2. The van der Waals surface area contributed by atoms with E-state index in [1.54, 1.807) is 27.0 Å². The van der Waals surface area contributed by atoms with Crippen LogP contribution in [-0.4, -0.2) is 59.3 Å². The van der Waals surface area contributed by atoms with E-state index in [0.29, 0.717) is 6.42 Å². The van der Waals surface area contributed by atoms with Crippen molar-refractivity contribution in [3.05, 3.63) is 36.0 Å². The van der Waals surface area contributed by atoms with Gasteiger partial charge in [-0.3, -0.25) is 4.79 Å². The number of carbonyl (C=O) groups is 4. The number of para-hydroxylation sites is 1. The van der Waals surface area contributed by atoms with Gasteiger partial charge in [-0.25, -0.2) is 14.4 Å². The number of primary amides is 1. The fraction of sp³-hybridized carbons (Fsp3) is 0.586. The number of nitrogens with one attached hydrogen (secondary N) is 4. The summed E-state index contributed by atoms with van der Waals surface area (Å²) in [4.78, 5) is 53.8. The van der Waals surface area contributed by atoms with Crippen LogP contribution in [0.15, 0.2) is 30.5 Å². The molecule has 1 aliphatic rings. The van der Waals surface area contributed by atoms with Gasteiger partial charge in [-0.2, -0.15) is 0 Å². The lowest BCUT2D eigenvalue weighted by atomic mass is 10.0. The fourth-order valence-electron chi connectivity index (χ4n) is 4.82. The molecule has 1 saturated carbocycles. The van der Waals surface area contributed by atoms with Gasteiger partial charge in [0.1, 0.15) is 23.8 Å². The molecule has 1 aliphatic carbocycles. The Morgan fingerprint density at radius 2 is 1.73 bits per heavy atom. The number of H-pyrrole nitrogens is 1. The van der Waals surface area contributed by atoms with Gasteiger partial charge in [-0.1, -0.05) is 31.0 Å². The minimum Gasteiger partial charge on any atom is -0.461 e. The highest BCUT2D eigenvalue weighted by Crippen LogP contribution is 2.22. The van der Waals surface area contributed by atoms with Crippen LogP contribution in [0.3, 0.4) is 0 Å². The molecule has 1 heterocycles. The Morgan fingerprint density at radius 3 is 2.40 bits per heavy atom. The summed E-state index contributed by atoms with van der Waals surface area (Å²) in [5, 5.41) is 8.90. The van der Waals surface area contributed by atoms with Gasteiger partial charge in [0.25, 0.3) is 0 Å². The van der Waals surface area contributed by atoms with Crippen molar-refractivity contribution in [3.8, 4) is 0 Å². The molecule has 0 aliphatic heterocycles. The predicted octanol–water partition coefficient (Wildman–Crippen LogP) is 3.80. The summed E-state index contributed by atoms with van der Waals surface area (Å²) in [6, 6.07) is 5.01. The van der Waals surface area contributed by atoms with Crippen LogP contribution in [0.25, 0.3) is 10.9 Å². The molecule has 11 heteroatoms. The van der Waals surface area contributed by atoms with Crippen LogP contribution in [0.5, 0.6) is 0 Å². The third kappa shape index (κ3) is 10.1. The molecule has 0 bridgehead atoms. The van der Waals surface area contributed by atoms with Crippen molar-refractivity contribution in [1.29, 1.82) is 0 Å². The maximum atomic E-state index is 13.6. The molecule has 0 saturated heterocycles. The molecule has 2 aromatic rings. The third-order valence-corrected chi connectivity index (χ3v) is 6.76. The minimum atomic E-state index is -1.02. The summed E-state index contributed by atoms with van der Waals surface area (Å²) in [5.41, 5.74) is 6.13. The van der Waals surface area contributed by atoms with Gasteiger partial charge in [0, 0.05) is 30.1 Å². The Morgan fingerprint density at radius 1 is 1.02 bits per heavy atom. The maximum absolute atomic E-state index is 13.6. The number of esters is 1. The second kappa shape index (κ2) is 14.6. The number of benzene rings is 1. The Labute approximate surface area is 235 Å². The lowest BCUT2D eigenvalue weighted by Gasteiger charge is -2.26. The zero-order chi connectivity index (χ0) is 29.1. The van der Waals surface area contributed by atoms with Crippen molar-refractivity contribution in [3.63, 3.8) is 0 Å². The summed E-state index contributed by atoms with van der Waals surface area (Å²) in [6.45, 7) is 5.45. The number of aromatic nitrogens is 1. The number of amides is 4. The summed E-state index contributed by atoms with van der Waals surface area (Å²) < 4.78 is 11.2. The lowest BCUT2D eigenvalue weighted by molar-refractivity contribution is -0.154. The van der Waals surface area contributed by atoms with E-state index in [0.717, 1.165) is 55.0 Å². The van der Waals surface area contributed by atoms with Gasteiger partial charge in [0.15, 0.2) is 0 Å². The first-order valence-corrected chi connectivity index (χ1v) is 14.1. The second-order valence-electron chi connectivity index (χ2n) is 11.3. The number of rotatable bonds is 11. The van der Waals surface area contributed by atoms with Gasteiger partial charge >= 0.3 is 18.1 Å². The van der Waals surface area contributed by atoms with Crippen LogP contribution in [0.2, 0.25) is 0 Å². The van der Waals surface area contributed by atoms with Crippen molar-refractivity contribution < 1.29 is 28.7 Å². The van der Waals surface area contributed by atoms with Crippen LogP contribution in [-0.2, 0) is 25.5 Å². The number of ether oxygens (including phenoxy) is 2. The first-order valence-electron chi connectivity index (χ1n) is 14.1. The van der Waals surface area contributed by atoms with E-state index in [1.165, 1.54) is 0 Å². The van der Waals surface area contributed by atoms with Crippen molar-refractivity contribution in [2.45, 2.75) is 102 Å². The first-order chi connectivity index (χ1) is 19.0. The minimum absolute atomic E-state index is 0.169. The van der Waals surface area contributed by atoms with E-state index in [-0.39, 0.29) is 25.5 Å². The zero-order valence-electron chi connectivity index (χ0n) is 23.7. The van der Waals surface area contributed by atoms with Crippen LogP contribution in [0.1, 0.15) is 77.7 Å². The largest absolute Gasteiger partial charge is 0.461 e. The molecule has 3 rings (SSSR count). The lowest BCUT2D eigenvalue weighted by Crippen LogP contribution is -2.53. The Bertz CT molecular complexity index is 1150. The highest BCUT2D eigenvalue weighted by molar-refractivity contribution is 5.91. The summed E-state index contributed by atoms with van der Waals surface area (Å²) in [5.74, 6) is -1.07. The Balaban J connectivity index is 1.77. The summed E-state index contributed by atoms with van der Waals surface area (Å²) in [6.07, 6.45) is 7.43. The van der Waals surface area contributed by atoms with Gasteiger partial charge in [-0.15, -0.1) is 0 Å². The molecule has 220 valence electrons. The predicted molar refractivity (Wildman–Crippen MR) is 151 cm³/mol. The van der Waals surface area contributed by atoms with E-state index in [4.69, 9.17) is 15.2 Å². The molecule has 0 radical (unpaired) electrons. The van der Waals surface area contributed by atoms with E-state index in [2.05, 4.69) is 20.9 Å². The number of fused-ring (bicyclic) bond motifs is 1. The molecule has 0 spiro atoms. The molecule has 0 unspecified atom stereocenters. The molecular formula is C29H43N5O6. The van der Waals surface area contributed by atoms with Crippen molar-refractivity contribution in [2.75, 3.05) is 6.54 Å². The van der Waals surface area contributed by atoms with Crippen LogP contribution < -0.4 is 21.7 Å². The zero-order valence-corrected chi connectivity index (χ0v) is 23.7. The van der Waals surface area contributed by atoms with Crippen molar-refractivity contribution in [1.82, 2.24) is 20.9 Å². The molecule has 2 atom stereocenters. The molecule has 11 nitrogen and oxygen atoms in total. The van der Waals surface area contributed by atoms with Crippen molar-refractivity contribution >= 4 is 34.9 Å². The number of nitrogens with two attached hydrogens (primary N) is 1. The number of urea groups is 1. The quantitative estimate of drug-likeness (QED) is 0.160. The molecular weight excluding hydrogens is 514 g/mol. The highest BCUT2D eigenvalue weighted by atomic mass is 16.6. The molecule has 1 aromatic heterocycles. The Hall–Kier alpha value is -3.76. The third-order valence-electron chi connectivity index (χ3n) is 6.76. The van der Waals surface area contributed by atoms with Crippen LogP contribution in [0, 0.1) is 0 Å². The average Bonchev–Trinajstić information content (AvgIpc) is 3.10. The van der Waals surface area contributed by atoms with E-state index < -0.39 is 41.7 Å². The molecule has 4 amide bonds. The highest BCUT2D eigenvalue weighted by Gasteiger charge is 2.31. The topological polar surface area (TPSA) is 165 Å². The molecule has 6 N–H and O–H groups in total. The van der Waals surface area contributed by atoms with Crippen molar-refractivity contribution in [2.24, 2.45) is 5.73 Å². The van der Waals surface area contributed by atoms with E-state index in [1.807, 2.05) is 24.3 Å². The molecule has 1 fully saturated rings. The van der Waals surface area contributed by atoms with E-state index >= 15 is 0 Å². The molecule has 1 aromatic carbocycles. The van der Waals surface area contributed by atoms with E-state index in [9.17, 15) is 19.2 Å². The number of aromatic amines is 1. The number of hydrogen-bond donors (Lipinski definition) is 5. The van der Waals surface area contributed by atoms with Gasteiger partial charge in [-0.05, 0) is 70.9 Å². The second-order valence-corrected chi connectivity index (χ2v) is 11.3. The monoisotopic (exact) mass is 557 g/mol. The normalized spacial score (nSPS) is 15.9. The number of hydrogen-bond acceptors (Lipinski definition) is 6. The number of carbonyl (C=O) groups excluding carboxylic acids is 4. The molecule has 40 heavy (non-hydrogen) atoms. The van der Waals surface area contributed by atoms with Crippen LogP contribution in [0.4, 0.5) is 9.59 Å². The van der Waals surface area contributed by atoms with Gasteiger partial charge < -0.3 is 36.1 Å². The SMILES string of the molecule is CC(C)(C)OC(=O)N[C@@H](Cc1c[nH]c2ccccc12)C(=O)N[C@@H](CCCNC(N)=O)C(=O)OC1CCCCCC1. The fourth-order valence-corrected chi connectivity index (χ4v) is 4.82. The standard InChI is InChI=1S/C29H43N5O6/c1-29(2,3)40-28(38)34-24(17-19-18-32-22-14-9-8-13-21(19)22)25(35)33-23(15-10-16-31-27(30)37)26(36)39-20-11-6-4-5-7-12-20/h8-9,13-14,18,20,23-24,32H,4-7,10-12,15-17H2,1-3H3,(H,33,35)(H,34,38)(H3,30,31,37)/t23-,24-/m0/s1. The van der Waals surface area contributed by atoms with Gasteiger partial charge in [0.2, 0.25) is 5.91 Å². The first kappa shape index (κ1) is 30.8. The maximum Gasteiger partial charge on any atom is 0.408 e. The smallest absolute Gasteiger partial charge is 0.408 e. The summed E-state index contributed by atoms with van der Waals surface area (Å²) in [7, 11) is 0. The average molecular weight is 558 g/mol. The van der Waals surface area contributed by atoms with Crippen LogP contribution >= 0.6 is 0 Å². The number of alkyl carbamates (subject to hydrolysis) is 1.